The Labute approximate surface area is 104 Å². The van der Waals surface area contributed by atoms with Gasteiger partial charge in [-0.15, -0.1) is 0 Å². The van der Waals surface area contributed by atoms with Gasteiger partial charge in [0.15, 0.2) is 0 Å². The highest BCUT2D eigenvalue weighted by Crippen LogP contribution is 2.16. The maximum atomic E-state index is 12.1. The fourth-order valence-corrected chi connectivity index (χ4v) is 2.58. The topological polar surface area (TPSA) is 78.3 Å². The molecule has 0 N–H and O–H groups in total. The lowest BCUT2D eigenvalue weighted by Crippen LogP contribution is -2.28. The molecule has 1 aromatic carbocycles. The first kappa shape index (κ1) is 12.3. The van der Waals surface area contributed by atoms with Crippen molar-refractivity contribution in [2.24, 2.45) is 0 Å². The molecule has 2 rings (SSSR count). The van der Waals surface area contributed by atoms with E-state index >= 15 is 0 Å². The van der Waals surface area contributed by atoms with Crippen LogP contribution >= 0.6 is 0 Å². The molecule has 0 amide bonds. The van der Waals surface area contributed by atoms with Crippen molar-refractivity contribution in [3.8, 4) is 5.75 Å². The minimum absolute atomic E-state index is 0.00148. The van der Waals surface area contributed by atoms with Gasteiger partial charge in [-0.05, 0) is 30.3 Å². The number of hydrogen-bond acceptors (Lipinski definition) is 5. The lowest BCUT2D eigenvalue weighted by Gasteiger charge is -2.06. The second kappa shape index (κ2) is 4.61. The molecule has 1 aromatic heterocycles. The molecule has 0 saturated heterocycles. The van der Waals surface area contributed by atoms with Gasteiger partial charge in [0.1, 0.15) is 5.75 Å². The largest absolute Gasteiger partial charge is 0.497 e. The summed E-state index contributed by atoms with van der Waals surface area (Å²) in [5.41, 5.74) is -0.840. The summed E-state index contributed by atoms with van der Waals surface area (Å²) in [6, 6.07) is 7.13. The zero-order chi connectivity index (χ0) is 13.2. The number of benzene rings is 1. The minimum Gasteiger partial charge on any atom is -0.497 e. The van der Waals surface area contributed by atoms with Crippen LogP contribution in [0.4, 0.5) is 0 Å². The molecule has 1 heterocycles. The first-order valence-corrected chi connectivity index (χ1v) is 6.43. The van der Waals surface area contributed by atoms with Crippen molar-refractivity contribution >= 4 is 10.0 Å². The number of rotatable bonds is 3. The molecule has 18 heavy (non-hydrogen) atoms. The minimum atomic E-state index is -3.91. The van der Waals surface area contributed by atoms with Crippen molar-refractivity contribution in [1.82, 2.24) is 8.96 Å². The van der Waals surface area contributed by atoms with Crippen molar-refractivity contribution in [2.75, 3.05) is 7.11 Å². The Morgan fingerprint density at radius 3 is 2.44 bits per heavy atom. The van der Waals surface area contributed by atoms with Crippen LogP contribution in [0.25, 0.3) is 0 Å². The number of ether oxygens (including phenoxy) is 1. The Bertz CT molecular complexity index is 704. The maximum absolute atomic E-state index is 12.1. The quantitative estimate of drug-likeness (QED) is 0.807. The number of nitrogens with zero attached hydrogens (tertiary/aromatic N) is 2. The first-order chi connectivity index (χ1) is 8.55. The van der Waals surface area contributed by atoms with Crippen LogP contribution in [0.15, 0.2) is 52.4 Å². The predicted octanol–water partition coefficient (Wildman–Crippen LogP) is 0.489. The van der Waals surface area contributed by atoms with Gasteiger partial charge in [0.2, 0.25) is 0 Å². The molecule has 0 aliphatic heterocycles. The summed E-state index contributed by atoms with van der Waals surface area (Å²) < 4.78 is 29.8. The first-order valence-electron chi connectivity index (χ1n) is 4.99. The SMILES string of the molecule is COc1ccc(S(=O)(=O)n2cccnc2=O)cc1. The molecule has 94 valence electrons. The summed E-state index contributed by atoms with van der Waals surface area (Å²) in [4.78, 5) is 14.8. The van der Waals surface area contributed by atoms with Crippen molar-refractivity contribution in [3.05, 3.63) is 53.2 Å². The van der Waals surface area contributed by atoms with Gasteiger partial charge >= 0.3 is 5.69 Å². The molecule has 0 saturated carbocycles. The normalized spacial score (nSPS) is 11.2. The third-order valence-corrected chi connectivity index (χ3v) is 3.96. The average molecular weight is 266 g/mol. The van der Waals surface area contributed by atoms with Crippen molar-refractivity contribution in [2.45, 2.75) is 4.90 Å². The van der Waals surface area contributed by atoms with E-state index in [0.717, 1.165) is 6.20 Å². The highest BCUT2D eigenvalue weighted by atomic mass is 32.2. The van der Waals surface area contributed by atoms with E-state index in [1.165, 1.54) is 43.6 Å². The zero-order valence-corrected chi connectivity index (χ0v) is 10.3. The fourth-order valence-electron chi connectivity index (χ4n) is 1.39. The van der Waals surface area contributed by atoms with Gasteiger partial charge in [0.05, 0.1) is 12.0 Å². The average Bonchev–Trinajstić information content (AvgIpc) is 2.39. The molecule has 6 nitrogen and oxygen atoms in total. The van der Waals surface area contributed by atoms with Crippen LogP contribution in [-0.2, 0) is 10.0 Å². The van der Waals surface area contributed by atoms with Gasteiger partial charge in [-0.2, -0.15) is 3.97 Å². The van der Waals surface area contributed by atoms with E-state index in [2.05, 4.69) is 4.98 Å². The van der Waals surface area contributed by atoms with Crippen LogP contribution in [0.1, 0.15) is 0 Å². The van der Waals surface area contributed by atoms with Crippen LogP contribution < -0.4 is 10.4 Å². The lowest BCUT2D eigenvalue weighted by atomic mass is 10.3. The monoisotopic (exact) mass is 266 g/mol. The Morgan fingerprint density at radius 1 is 1.22 bits per heavy atom. The van der Waals surface area contributed by atoms with E-state index in [1.807, 2.05) is 0 Å². The second-order valence-corrected chi connectivity index (χ2v) is 5.19. The van der Waals surface area contributed by atoms with E-state index in [1.54, 1.807) is 0 Å². The summed E-state index contributed by atoms with van der Waals surface area (Å²) in [6.45, 7) is 0. The van der Waals surface area contributed by atoms with Gasteiger partial charge in [0.25, 0.3) is 10.0 Å². The summed E-state index contributed by atoms with van der Waals surface area (Å²) in [6.07, 6.45) is 2.40. The lowest BCUT2D eigenvalue weighted by molar-refractivity contribution is 0.414. The molecule has 2 aromatic rings. The van der Waals surface area contributed by atoms with Crippen LogP contribution in [0.2, 0.25) is 0 Å². The standard InChI is InChI=1S/C11H10N2O4S/c1-17-9-3-5-10(6-4-9)18(15,16)13-8-2-7-12-11(13)14/h2-8H,1H3. The smallest absolute Gasteiger partial charge is 0.361 e. The van der Waals surface area contributed by atoms with Gasteiger partial charge < -0.3 is 4.74 Å². The summed E-state index contributed by atoms with van der Waals surface area (Å²) in [7, 11) is -2.43. The summed E-state index contributed by atoms with van der Waals surface area (Å²) in [5.74, 6) is 0.535. The Kier molecular flexibility index (Phi) is 3.15. The molecule has 0 fully saturated rings. The maximum Gasteiger partial charge on any atom is 0.361 e. The van der Waals surface area contributed by atoms with Crippen LogP contribution in [0.3, 0.4) is 0 Å². The highest BCUT2D eigenvalue weighted by molar-refractivity contribution is 7.90. The third kappa shape index (κ3) is 2.12. The summed E-state index contributed by atoms with van der Waals surface area (Å²) >= 11 is 0. The second-order valence-electron chi connectivity index (χ2n) is 3.38. The molecule has 0 spiro atoms. The molecule has 0 radical (unpaired) electrons. The number of aromatic nitrogens is 2. The number of hydrogen-bond donors (Lipinski definition) is 0. The van der Waals surface area contributed by atoms with E-state index in [0.29, 0.717) is 9.72 Å². The molecular weight excluding hydrogens is 256 g/mol. The van der Waals surface area contributed by atoms with Crippen molar-refractivity contribution < 1.29 is 13.2 Å². The predicted molar refractivity (Wildman–Crippen MR) is 64.1 cm³/mol. The van der Waals surface area contributed by atoms with Gasteiger partial charge in [-0.25, -0.2) is 18.2 Å². The zero-order valence-electron chi connectivity index (χ0n) is 9.48. The molecule has 0 unspecified atom stereocenters. The van der Waals surface area contributed by atoms with E-state index in [-0.39, 0.29) is 4.90 Å². The van der Waals surface area contributed by atoms with Crippen LogP contribution in [-0.4, -0.2) is 24.5 Å². The van der Waals surface area contributed by atoms with E-state index in [4.69, 9.17) is 4.74 Å². The molecular formula is C11H10N2O4S. The Hall–Kier alpha value is -2.15. The molecule has 7 heteroatoms. The Balaban J connectivity index is 2.55. The number of methoxy groups -OCH3 is 1. The summed E-state index contributed by atoms with van der Waals surface area (Å²) in [5, 5.41) is 0. The molecule has 0 bridgehead atoms. The third-order valence-electron chi connectivity index (χ3n) is 2.30. The van der Waals surface area contributed by atoms with Crippen molar-refractivity contribution in [3.63, 3.8) is 0 Å². The molecule has 0 aliphatic rings. The van der Waals surface area contributed by atoms with E-state index < -0.39 is 15.7 Å². The Morgan fingerprint density at radius 2 is 1.89 bits per heavy atom. The van der Waals surface area contributed by atoms with Crippen LogP contribution in [0.5, 0.6) is 5.75 Å². The highest BCUT2D eigenvalue weighted by Gasteiger charge is 2.18. The van der Waals surface area contributed by atoms with E-state index in [9.17, 15) is 13.2 Å². The van der Waals surface area contributed by atoms with Gasteiger partial charge in [-0.3, -0.25) is 0 Å². The van der Waals surface area contributed by atoms with Gasteiger partial charge in [-0.1, -0.05) is 0 Å². The van der Waals surface area contributed by atoms with Crippen LogP contribution in [0, 0.1) is 0 Å². The fraction of sp³-hybridized carbons (Fsp3) is 0.0909. The molecule has 0 aliphatic carbocycles. The molecule has 0 atom stereocenters. The van der Waals surface area contributed by atoms with Crippen molar-refractivity contribution in [1.29, 1.82) is 0 Å². The van der Waals surface area contributed by atoms with Gasteiger partial charge in [0, 0.05) is 12.4 Å².